The Hall–Kier alpha value is -1.53. The number of aromatic hydroxyl groups is 1. The van der Waals surface area contributed by atoms with E-state index >= 15 is 0 Å². The molecule has 1 aromatic carbocycles. The van der Waals surface area contributed by atoms with Crippen LogP contribution in [0.3, 0.4) is 0 Å². The zero-order valence-electron chi connectivity index (χ0n) is 6.46. The highest BCUT2D eigenvalue weighted by Crippen LogP contribution is 2.29. The van der Waals surface area contributed by atoms with Crippen molar-refractivity contribution in [3.63, 3.8) is 0 Å². The normalized spacial score (nSPS) is 10.2. The van der Waals surface area contributed by atoms with E-state index in [0.29, 0.717) is 0 Å². The maximum absolute atomic E-state index is 12.7. The molecule has 0 heterocycles. The Morgan fingerprint density at radius 1 is 1.54 bits per heavy atom. The van der Waals surface area contributed by atoms with Crippen LogP contribution in [-0.2, 0) is 0 Å². The SMILES string of the molecule is N#CC=Cc1cc(F)cc(Cl)c1O. The maximum atomic E-state index is 12.7. The molecule has 2 nitrogen and oxygen atoms in total. The van der Waals surface area contributed by atoms with Crippen LogP contribution in [0.5, 0.6) is 5.75 Å². The molecule has 1 N–H and O–H groups in total. The first-order valence-electron chi connectivity index (χ1n) is 3.39. The van der Waals surface area contributed by atoms with Crippen LogP contribution in [0, 0.1) is 17.1 Å². The fourth-order valence-electron chi connectivity index (χ4n) is 0.840. The first-order chi connectivity index (χ1) is 6.15. The topological polar surface area (TPSA) is 44.0 Å². The summed E-state index contributed by atoms with van der Waals surface area (Å²) in [4.78, 5) is 0. The van der Waals surface area contributed by atoms with E-state index < -0.39 is 5.82 Å². The van der Waals surface area contributed by atoms with Crippen molar-refractivity contribution < 1.29 is 9.50 Å². The van der Waals surface area contributed by atoms with Crippen LogP contribution >= 0.6 is 11.6 Å². The van der Waals surface area contributed by atoms with Crippen molar-refractivity contribution in [1.82, 2.24) is 0 Å². The van der Waals surface area contributed by atoms with Crippen LogP contribution in [0.15, 0.2) is 18.2 Å². The number of rotatable bonds is 1. The van der Waals surface area contributed by atoms with Gasteiger partial charge in [0.25, 0.3) is 0 Å². The van der Waals surface area contributed by atoms with E-state index in [-0.39, 0.29) is 16.3 Å². The number of halogens is 2. The molecule has 0 radical (unpaired) electrons. The molecule has 66 valence electrons. The number of phenols is 1. The highest BCUT2D eigenvalue weighted by Gasteiger charge is 2.05. The smallest absolute Gasteiger partial charge is 0.141 e. The van der Waals surface area contributed by atoms with Crippen molar-refractivity contribution in [3.8, 4) is 11.8 Å². The minimum absolute atomic E-state index is 0.0717. The quantitative estimate of drug-likeness (QED) is 0.704. The zero-order valence-corrected chi connectivity index (χ0v) is 7.22. The van der Waals surface area contributed by atoms with Crippen molar-refractivity contribution in [2.75, 3.05) is 0 Å². The van der Waals surface area contributed by atoms with Gasteiger partial charge in [-0.25, -0.2) is 4.39 Å². The van der Waals surface area contributed by atoms with Gasteiger partial charge < -0.3 is 5.11 Å². The summed E-state index contributed by atoms with van der Waals surface area (Å²) in [5.41, 5.74) is 0.187. The first kappa shape index (κ1) is 9.56. The summed E-state index contributed by atoms with van der Waals surface area (Å²) in [6.07, 6.45) is 2.41. The number of benzene rings is 1. The van der Waals surface area contributed by atoms with Gasteiger partial charge in [-0.1, -0.05) is 11.6 Å². The third-order valence-corrected chi connectivity index (χ3v) is 1.68. The molecular weight excluding hydrogens is 193 g/mol. The summed E-state index contributed by atoms with van der Waals surface area (Å²) >= 11 is 5.49. The number of hydrogen-bond donors (Lipinski definition) is 1. The van der Waals surface area contributed by atoms with Crippen LogP contribution in [-0.4, -0.2) is 5.11 Å². The molecule has 0 saturated carbocycles. The van der Waals surface area contributed by atoms with Gasteiger partial charge in [-0.05, 0) is 18.2 Å². The van der Waals surface area contributed by atoms with Gasteiger partial charge in [-0.2, -0.15) is 5.26 Å². The number of nitrogens with zero attached hydrogens (tertiary/aromatic N) is 1. The third-order valence-electron chi connectivity index (χ3n) is 1.40. The van der Waals surface area contributed by atoms with Crippen LogP contribution < -0.4 is 0 Å². The van der Waals surface area contributed by atoms with E-state index in [1.54, 1.807) is 6.07 Å². The van der Waals surface area contributed by atoms with E-state index in [4.69, 9.17) is 16.9 Å². The van der Waals surface area contributed by atoms with Gasteiger partial charge in [-0.3, -0.25) is 0 Å². The Balaban J connectivity index is 3.22. The summed E-state index contributed by atoms with van der Waals surface area (Å²) < 4.78 is 12.7. The molecular formula is C9H5ClFNO. The zero-order chi connectivity index (χ0) is 9.84. The van der Waals surface area contributed by atoms with Gasteiger partial charge in [0.1, 0.15) is 11.6 Å². The molecule has 13 heavy (non-hydrogen) atoms. The summed E-state index contributed by atoms with van der Waals surface area (Å²) in [5.74, 6) is -0.782. The van der Waals surface area contributed by atoms with E-state index in [9.17, 15) is 9.50 Å². The highest BCUT2D eigenvalue weighted by atomic mass is 35.5. The Bertz CT molecular complexity index is 395. The van der Waals surface area contributed by atoms with Gasteiger partial charge in [0, 0.05) is 11.6 Å². The summed E-state index contributed by atoms with van der Waals surface area (Å²) in [5, 5.41) is 17.4. The lowest BCUT2D eigenvalue weighted by Crippen LogP contribution is -1.80. The minimum atomic E-state index is -0.555. The van der Waals surface area contributed by atoms with Crippen LogP contribution in [0.4, 0.5) is 4.39 Å². The predicted octanol–water partition coefficient (Wildman–Crippen LogP) is 2.72. The van der Waals surface area contributed by atoms with Crippen molar-refractivity contribution in [2.45, 2.75) is 0 Å². The lowest BCUT2D eigenvalue weighted by molar-refractivity contribution is 0.472. The number of hydrogen-bond acceptors (Lipinski definition) is 2. The number of allylic oxidation sites excluding steroid dienone is 1. The van der Waals surface area contributed by atoms with E-state index in [1.807, 2.05) is 0 Å². The van der Waals surface area contributed by atoms with Crippen LogP contribution in [0.2, 0.25) is 5.02 Å². The molecule has 0 atom stereocenters. The molecule has 0 aromatic heterocycles. The Kier molecular flexibility index (Phi) is 2.88. The summed E-state index contributed by atoms with van der Waals surface area (Å²) in [6, 6.07) is 3.82. The molecule has 0 aliphatic heterocycles. The summed E-state index contributed by atoms with van der Waals surface area (Å²) in [6.45, 7) is 0. The molecule has 0 aliphatic rings. The number of nitriles is 1. The van der Waals surface area contributed by atoms with E-state index in [2.05, 4.69) is 0 Å². The van der Waals surface area contributed by atoms with Crippen LogP contribution in [0.1, 0.15) is 5.56 Å². The van der Waals surface area contributed by atoms with E-state index in [1.165, 1.54) is 6.08 Å². The molecule has 0 fully saturated rings. The molecule has 4 heteroatoms. The minimum Gasteiger partial charge on any atom is -0.506 e. The van der Waals surface area contributed by atoms with Crippen LogP contribution in [0.25, 0.3) is 6.08 Å². The third kappa shape index (κ3) is 2.20. The molecule has 0 unspecified atom stereocenters. The lowest BCUT2D eigenvalue weighted by atomic mass is 10.2. The van der Waals surface area contributed by atoms with Gasteiger partial charge in [0.2, 0.25) is 0 Å². The second-order valence-electron chi connectivity index (χ2n) is 2.29. The Morgan fingerprint density at radius 2 is 2.23 bits per heavy atom. The molecule has 0 spiro atoms. The molecule has 0 bridgehead atoms. The second kappa shape index (κ2) is 3.92. The standard InChI is InChI=1S/C9H5ClFNO/c10-8-5-7(11)4-6(9(8)13)2-1-3-12/h1-2,4-5,13H. The molecule has 0 saturated heterocycles. The fourth-order valence-corrected chi connectivity index (χ4v) is 1.05. The monoisotopic (exact) mass is 197 g/mol. The molecule has 1 rings (SSSR count). The Labute approximate surface area is 79.5 Å². The molecule has 0 amide bonds. The van der Waals surface area contributed by atoms with Gasteiger partial charge >= 0.3 is 0 Å². The van der Waals surface area contributed by atoms with Crippen molar-refractivity contribution in [1.29, 1.82) is 5.26 Å². The van der Waals surface area contributed by atoms with Crippen molar-refractivity contribution >= 4 is 17.7 Å². The second-order valence-corrected chi connectivity index (χ2v) is 2.70. The molecule has 1 aromatic rings. The first-order valence-corrected chi connectivity index (χ1v) is 3.77. The van der Waals surface area contributed by atoms with Gasteiger partial charge in [0.05, 0.1) is 11.1 Å². The molecule has 0 aliphatic carbocycles. The van der Waals surface area contributed by atoms with Crippen molar-refractivity contribution in [3.05, 3.63) is 34.6 Å². The fraction of sp³-hybridized carbons (Fsp3) is 0. The average molecular weight is 198 g/mol. The Morgan fingerprint density at radius 3 is 2.85 bits per heavy atom. The highest BCUT2D eigenvalue weighted by molar-refractivity contribution is 6.32. The maximum Gasteiger partial charge on any atom is 0.141 e. The predicted molar refractivity (Wildman–Crippen MR) is 47.7 cm³/mol. The van der Waals surface area contributed by atoms with Gasteiger partial charge in [0.15, 0.2) is 0 Å². The summed E-state index contributed by atoms with van der Waals surface area (Å²) in [7, 11) is 0. The average Bonchev–Trinajstić information content (AvgIpc) is 2.09. The van der Waals surface area contributed by atoms with E-state index in [0.717, 1.165) is 18.2 Å². The van der Waals surface area contributed by atoms with Gasteiger partial charge in [-0.15, -0.1) is 0 Å². The largest absolute Gasteiger partial charge is 0.506 e. The lowest BCUT2D eigenvalue weighted by Gasteiger charge is -2.00. The van der Waals surface area contributed by atoms with Crippen molar-refractivity contribution in [2.24, 2.45) is 0 Å². The number of phenolic OH excluding ortho intramolecular Hbond substituents is 1.